The monoisotopic (exact) mass is 406 g/mol. The van der Waals surface area contributed by atoms with Gasteiger partial charge in [0.05, 0.1) is 31.8 Å². The van der Waals surface area contributed by atoms with E-state index < -0.39 is 0 Å². The van der Waals surface area contributed by atoms with Crippen LogP contribution in [-0.4, -0.2) is 41.2 Å². The molecule has 0 saturated carbocycles. The molecule has 5 rings (SSSR count). The van der Waals surface area contributed by atoms with E-state index in [-0.39, 0.29) is 0 Å². The first kappa shape index (κ1) is 18.3. The number of rotatable bonds is 6. The van der Waals surface area contributed by atoms with Gasteiger partial charge >= 0.3 is 0 Å². The minimum Gasteiger partial charge on any atom is -0.463 e. The largest absolute Gasteiger partial charge is 0.463 e. The van der Waals surface area contributed by atoms with Crippen LogP contribution in [0.5, 0.6) is 0 Å². The van der Waals surface area contributed by atoms with Gasteiger partial charge in [-0.25, -0.2) is 9.97 Å². The Bertz CT molecular complexity index is 1090. The Balaban J connectivity index is 1.34. The molecular weight excluding hydrogens is 384 g/mol. The SMILES string of the molecule is c1ccc2c(NCc3ccc(CN4CCOCC4)o3)nc(-c3ccsc3)nc2c1. The summed E-state index contributed by atoms with van der Waals surface area (Å²) in [5.74, 6) is 3.44. The Morgan fingerprint density at radius 1 is 1.00 bits per heavy atom. The maximum absolute atomic E-state index is 6.04. The van der Waals surface area contributed by atoms with Crippen molar-refractivity contribution in [3.05, 3.63) is 64.7 Å². The molecule has 29 heavy (non-hydrogen) atoms. The van der Waals surface area contributed by atoms with Gasteiger partial charge in [-0.1, -0.05) is 12.1 Å². The number of aromatic nitrogens is 2. The fourth-order valence-corrected chi connectivity index (χ4v) is 4.12. The summed E-state index contributed by atoms with van der Waals surface area (Å²) >= 11 is 1.65. The maximum atomic E-state index is 6.04. The molecule has 0 spiro atoms. The van der Waals surface area contributed by atoms with Crippen LogP contribution in [0.2, 0.25) is 0 Å². The highest BCUT2D eigenvalue weighted by atomic mass is 32.1. The van der Waals surface area contributed by atoms with Crippen molar-refractivity contribution >= 4 is 28.1 Å². The number of hydrogen-bond donors (Lipinski definition) is 1. The summed E-state index contributed by atoms with van der Waals surface area (Å²) in [6, 6.07) is 14.2. The number of thiophene rings is 1. The van der Waals surface area contributed by atoms with Crippen LogP contribution in [0.1, 0.15) is 11.5 Å². The summed E-state index contributed by atoms with van der Waals surface area (Å²) in [6.45, 7) is 4.89. The zero-order chi connectivity index (χ0) is 19.5. The van der Waals surface area contributed by atoms with E-state index in [1.807, 2.05) is 41.8 Å². The molecule has 0 atom stereocenters. The number of nitrogens with zero attached hydrogens (tertiary/aromatic N) is 3. The molecule has 4 aromatic rings. The average molecular weight is 407 g/mol. The summed E-state index contributed by atoms with van der Waals surface area (Å²) in [5.41, 5.74) is 1.97. The summed E-state index contributed by atoms with van der Waals surface area (Å²) < 4.78 is 11.4. The summed E-state index contributed by atoms with van der Waals surface area (Å²) in [7, 11) is 0. The molecule has 1 aliphatic rings. The van der Waals surface area contributed by atoms with Gasteiger partial charge in [0.2, 0.25) is 0 Å². The lowest BCUT2D eigenvalue weighted by Crippen LogP contribution is -2.35. The third-order valence-corrected chi connectivity index (χ3v) is 5.70. The van der Waals surface area contributed by atoms with Gasteiger partial charge < -0.3 is 14.5 Å². The fourth-order valence-electron chi connectivity index (χ4n) is 3.48. The van der Waals surface area contributed by atoms with Crippen molar-refractivity contribution in [2.45, 2.75) is 13.1 Å². The van der Waals surface area contributed by atoms with E-state index in [2.05, 4.69) is 21.7 Å². The predicted molar refractivity (Wildman–Crippen MR) is 115 cm³/mol. The first-order valence-electron chi connectivity index (χ1n) is 9.76. The second-order valence-corrected chi connectivity index (χ2v) is 7.82. The number of furan rings is 1. The smallest absolute Gasteiger partial charge is 0.162 e. The molecule has 1 aromatic carbocycles. The van der Waals surface area contributed by atoms with Crippen LogP contribution in [0.15, 0.2) is 57.6 Å². The highest BCUT2D eigenvalue weighted by Gasteiger charge is 2.14. The van der Waals surface area contributed by atoms with Gasteiger partial charge in [-0.2, -0.15) is 11.3 Å². The van der Waals surface area contributed by atoms with Crippen molar-refractivity contribution < 1.29 is 9.15 Å². The normalized spacial score (nSPS) is 15.0. The van der Waals surface area contributed by atoms with E-state index in [9.17, 15) is 0 Å². The van der Waals surface area contributed by atoms with Crippen LogP contribution in [-0.2, 0) is 17.8 Å². The minimum atomic E-state index is 0.577. The Morgan fingerprint density at radius 2 is 1.86 bits per heavy atom. The van der Waals surface area contributed by atoms with Crippen LogP contribution in [0.3, 0.4) is 0 Å². The zero-order valence-electron chi connectivity index (χ0n) is 16.0. The van der Waals surface area contributed by atoms with E-state index in [0.717, 1.165) is 72.5 Å². The van der Waals surface area contributed by atoms with Crippen molar-refractivity contribution in [2.75, 3.05) is 31.6 Å². The van der Waals surface area contributed by atoms with Crippen LogP contribution >= 0.6 is 11.3 Å². The Kier molecular flexibility index (Phi) is 5.25. The summed E-state index contributed by atoms with van der Waals surface area (Å²) in [6.07, 6.45) is 0. The second kappa shape index (κ2) is 8.32. The molecule has 0 radical (unpaired) electrons. The van der Waals surface area contributed by atoms with Crippen LogP contribution in [0.25, 0.3) is 22.3 Å². The molecule has 1 aliphatic heterocycles. The molecule has 0 amide bonds. The van der Waals surface area contributed by atoms with Gasteiger partial charge in [0.25, 0.3) is 0 Å². The standard InChI is InChI=1S/C22H22N4O2S/c1-2-4-20-19(3-1)22(25-21(24-20)16-7-12-29-15-16)23-13-17-5-6-18(28-17)14-26-8-10-27-11-9-26/h1-7,12,15H,8-11,13-14H2,(H,23,24,25). The van der Waals surface area contributed by atoms with Crippen LogP contribution in [0.4, 0.5) is 5.82 Å². The average Bonchev–Trinajstić information content (AvgIpc) is 3.45. The third-order valence-electron chi connectivity index (χ3n) is 5.01. The first-order valence-corrected chi connectivity index (χ1v) is 10.7. The minimum absolute atomic E-state index is 0.577. The Morgan fingerprint density at radius 3 is 2.72 bits per heavy atom. The number of para-hydroxylation sites is 1. The maximum Gasteiger partial charge on any atom is 0.162 e. The van der Waals surface area contributed by atoms with E-state index in [1.54, 1.807) is 11.3 Å². The Hall–Kier alpha value is -2.74. The molecule has 0 aliphatic carbocycles. The van der Waals surface area contributed by atoms with Gasteiger partial charge in [-0.05, 0) is 35.7 Å². The fraction of sp³-hybridized carbons (Fsp3) is 0.273. The molecule has 6 nitrogen and oxygen atoms in total. The first-order chi connectivity index (χ1) is 14.3. The molecule has 4 heterocycles. The van der Waals surface area contributed by atoms with E-state index in [0.29, 0.717) is 6.54 Å². The van der Waals surface area contributed by atoms with Crippen molar-refractivity contribution in [1.29, 1.82) is 0 Å². The van der Waals surface area contributed by atoms with Crippen molar-refractivity contribution in [3.8, 4) is 11.4 Å². The zero-order valence-corrected chi connectivity index (χ0v) is 16.8. The molecule has 7 heteroatoms. The lowest BCUT2D eigenvalue weighted by Gasteiger charge is -2.25. The lowest BCUT2D eigenvalue weighted by atomic mass is 10.2. The summed E-state index contributed by atoms with van der Waals surface area (Å²) in [5, 5.41) is 8.56. The highest BCUT2D eigenvalue weighted by molar-refractivity contribution is 7.08. The molecule has 3 aromatic heterocycles. The number of hydrogen-bond acceptors (Lipinski definition) is 7. The molecule has 0 unspecified atom stereocenters. The van der Waals surface area contributed by atoms with Gasteiger partial charge in [0, 0.05) is 29.4 Å². The molecule has 1 N–H and O–H groups in total. The molecule has 1 fully saturated rings. The van der Waals surface area contributed by atoms with E-state index >= 15 is 0 Å². The third kappa shape index (κ3) is 4.17. The van der Waals surface area contributed by atoms with Crippen molar-refractivity contribution in [1.82, 2.24) is 14.9 Å². The lowest BCUT2D eigenvalue weighted by molar-refractivity contribution is 0.0312. The number of nitrogens with one attached hydrogen (secondary N) is 1. The molecular formula is C22H22N4O2S. The molecule has 0 bridgehead atoms. The number of benzene rings is 1. The van der Waals surface area contributed by atoms with Gasteiger partial charge in [-0.3, -0.25) is 4.90 Å². The number of fused-ring (bicyclic) bond motifs is 1. The topological polar surface area (TPSA) is 63.4 Å². The quantitative estimate of drug-likeness (QED) is 0.512. The highest BCUT2D eigenvalue weighted by Crippen LogP contribution is 2.26. The van der Waals surface area contributed by atoms with Crippen LogP contribution in [0, 0.1) is 0 Å². The van der Waals surface area contributed by atoms with E-state index in [4.69, 9.17) is 19.1 Å². The summed E-state index contributed by atoms with van der Waals surface area (Å²) in [4.78, 5) is 11.9. The Labute approximate surface area is 173 Å². The van der Waals surface area contributed by atoms with Crippen molar-refractivity contribution in [2.24, 2.45) is 0 Å². The van der Waals surface area contributed by atoms with E-state index in [1.165, 1.54) is 0 Å². The van der Waals surface area contributed by atoms with Crippen LogP contribution < -0.4 is 5.32 Å². The van der Waals surface area contributed by atoms with Gasteiger partial charge in [-0.15, -0.1) is 0 Å². The van der Waals surface area contributed by atoms with Crippen molar-refractivity contribution in [3.63, 3.8) is 0 Å². The molecule has 148 valence electrons. The number of morpholine rings is 1. The number of ether oxygens (including phenoxy) is 1. The predicted octanol–water partition coefficient (Wildman–Crippen LogP) is 4.40. The van der Waals surface area contributed by atoms with Gasteiger partial charge in [0.15, 0.2) is 5.82 Å². The second-order valence-electron chi connectivity index (χ2n) is 7.04. The van der Waals surface area contributed by atoms with Gasteiger partial charge in [0.1, 0.15) is 17.3 Å². The number of anilines is 1. The molecule has 1 saturated heterocycles.